The molecule has 1 aromatic heterocycles. The summed E-state index contributed by atoms with van der Waals surface area (Å²) in [5, 5.41) is 9.15. The third-order valence-electron chi connectivity index (χ3n) is 4.71. The van der Waals surface area contributed by atoms with Gasteiger partial charge in [-0.2, -0.15) is 0 Å². The van der Waals surface area contributed by atoms with Gasteiger partial charge in [0.1, 0.15) is 0 Å². The van der Waals surface area contributed by atoms with Crippen LogP contribution in [0, 0.1) is 0 Å². The molecule has 0 bridgehead atoms. The first kappa shape index (κ1) is 21.0. The summed E-state index contributed by atoms with van der Waals surface area (Å²) in [6.45, 7) is 0.841. The minimum absolute atomic E-state index is 0.120. The van der Waals surface area contributed by atoms with E-state index in [-0.39, 0.29) is 18.4 Å². The maximum Gasteiger partial charge on any atom is 0.243 e. The van der Waals surface area contributed by atoms with Gasteiger partial charge in [0.25, 0.3) is 0 Å². The minimum atomic E-state index is -0.155. The molecular formula is C24H27N5O. The molecule has 30 heavy (non-hydrogen) atoms. The molecule has 6 heteroatoms. The predicted octanol–water partition coefficient (Wildman–Crippen LogP) is 3.41. The summed E-state index contributed by atoms with van der Waals surface area (Å²) in [4.78, 5) is 20.3. The molecule has 0 spiro atoms. The molecule has 0 atom stereocenters. The largest absolute Gasteiger partial charge is 0.356 e. The molecule has 0 aliphatic carbocycles. The van der Waals surface area contributed by atoms with E-state index >= 15 is 0 Å². The van der Waals surface area contributed by atoms with E-state index in [0.717, 1.165) is 13.0 Å². The fraction of sp³-hybridized carbons (Fsp3) is 0.208. The number of pyridine rings is 1. The number of carbonyl (C=O) groups excluding carboxylic acids is 1. The lowest BCUT2D eigenvalue weighted by Crippen LogP contribution is -2.42. The molecule has 1 heterocycles. The highest BCUT2D eigenvalue weighted by molar-refractivity contribution is 5.94. The monoisotopic (exact) mass is 401 g/mol. The number of rotatable bonds is 8. The molecule has 3 rings (SSSR count). The Hall–Kier alpha value is -3.67. The number of hydrogen-bond acceptors (Lipinski definition) is 3. The van der Waals surface area contributed by atoms with Gasteiger partial charge in [-0.1, -0.05) is 60.7 Å². The molecule has 0 aliphatic heterocycles. The van der Waals surface area contributed by atoms with Crippen molar-refractivity contribution in [1.29, 1.82) is 0 Å². The van der Waals surface area contributed by atoms with E-state index in [1.54, 1.807) is 31.6 Å². The number of amides is 1. The molecular weight excluding hydrogens is 374 g/mol. The summed E-state index contributed by atoms with van der Waals surface area (Å²) in [6, 6.07) is 24.6. The van der Waals surface area contributed by atoms with Gasteiger partial charge in [0, 0.05) is 25.7 Å². The van der Waals surface area contributed by atoms with Gasteiger partial charge in [-0.3, -0.25) is 14.8 Å². The first-order chi connectivity index (χ1) is 14.8. The molecule has 0 unspecified atom stereocenters. The summed E-state index contributed by atoms with van der Waals surface area (Å²) < 4.78 is 0. The van der Waals surface area contributed by atoms with Crippen LogP contribution in [0.5, 0.6) is 0 Å². The lowest BCUT2D eigenvalue weighted by Gasteiger charge is -2.19. The molecule has 0 saturated heterocycles. The Morgan fingerprint density at radius 2 is 1.60 bits per heavy atom. The Morgan fingerprint density at radius 1 is 0.933 bits per heavy atom. The van der Waals surface area contributed by atoms with Crippen molar-refractivity contribution in [2.24, 2.45) is 4.99 Å². The van der Waals surface area contributed by atoms with Crippen LogP contribution in [0.15, 0.2) is 90.2 Å². The SMILES string of the molecule is CN=C(NCCC(c1ccccc1)c1ccccc1)NCC(=O)Nc1cccnc1. The number of anilines is 1. The van der Waals surface area contributed by atoms with E-state index in [1.165, 1.54) is 11.1 Å². The molecule has 154 valence electrons. The van der Waals surface area contributed by atoms with Crippen molar-refractivity contribution in [2.75, 3.05) is 25.5 Å². The van der Waals surface area contributed by atoms with Crippen LogP contribution in [-0.2, 0) is 4.79 Å². The van der Waals surface area contributed by atoms with E-state index in [1.807, 2.05) is 12.1 Å². The number of guanidine groups is 1. The number of hydrogen-bond donors (Lipinski definition) is 3. The molecule has 3 N–H and O–H groups in total. The van der Waals surface area contributed by atoms with Gasteiger partial charge in [0.05, 0.1) is 18.4 Å². The molecule has 2 aromatic carbocycles. The Bertz CT molecular complexity index is 890. The molecule has 0 saturated carbocycles. The zero-order valence-electron chi connectivity index (χ0n) is 17.1. The Labute approximate surface area is 177 Å². The standard InChI is InChI=1S/C24H27N5O/c1-25-24(28-18-23(30)29-21-13-8-15-26-17-21)27-16-14-22(19-9-4-2-5-10-19)20-11-6-3-7-12-20/h2-13,15,17,22H,14,16,18H2,1H3,(H,29,30)(H2,25,27,28). The first-order valence-electron chi connectivity index (χ1n) is 10.0. The van der Waals surface area contributed by atoms with Crippen LogP contribution >= 0.6 is 0 Å². The van der Waals surface area contributed by atoms with E-state index in [0.29, 0.717) is 11.6 Å². The molecule has 0 radical (unpaired) electrons. The van der Waals surface area contributed by atoms with Crippen LogP contribution in [0.1, 0.15) is 23.5 Å². The Balaban J connectivity index is 1.51. The zero-order valence-corrected chi connectivity index (χ0v) is 17.1. The highest BCUT2D eigenvalue weighted by Gasteiger charge is 2.14. The maximum atomic E-state index is 12.1. The van der Waals surface area contributed by atoms with Crippen molar-refractivity contribution in [2.45, 2.75) is 12.3 Å². The maximum absolute atomic E-state index is 12.1. The van der Waals surface area contributed by atoms with E-state index in [2.05, 4.69) is 74.5 Å². The third-order valence-corrected chi connectivity index (χ3v) is 4.71. The zero-order chi connectivity index (χ0) is 21.0. The number of nitrogens with one attached hydrogen (secondary N) is 3. The minimum Gasteiger partial charge on any atom is -0.356 e. The van der Waals surface area contributed by atoms with Crippen molar-refractivity contribution in [1.82, 2.24) is 15.6 Å². The van der Waals surface area contributed by atoms with Gasteiger partial charge < -0.3 is 16.0 Å². The van der Waals surface area contributed by atoms with Crippen LogP contribution in [0.4, 0.5) is 5.69 Å². The first-order valence-corrected chi connectivity index (χ1v) is 10.0. The van der Waals surface area contributed by atoms with Crippen LogP contribution in [0.2, 0.25) is 0 Å². The Morgan fingerprint density at radius 3 is 2.17 bits per heavy atom. The topological polar surface area (TPSA) is 78.4 Å². The normalized spacial score (nSPS) is 11.2. The second-order valence-corrected chi connectivity index (χ2v) is 6.81. The number of nitrogens with zero attached hydrogens (tertiary/aromatic N) is 2. The van der Waals surface area contributed by atoms with Gasteiger partial charge in [-0.05, 0) is 29.7 Å². The highest BCUT2D eigenvalue weighted by Crippen LogP contribution is 2.27. The summed E-state index contributed by atoms with van der Waals surface area (Å²) in [5.41, 5.74) is 3.23. The van der Waals surface area contributed by atoms with Crippen LogP contribution in [0.3, 0.4) is 0 Å². The van der Waals surface area contributed by atoms with Crippen molar-refractivity contribution < 1.29 is 4.79 Å². The van der Waals surface area contributed by atoms with Gasteiger partial charge in [-0.15, -0.1) is 0 Å². The number of benzene rings is 2. The van der Waals surface area contributed by atoms with Gasteiger partial charge >= 0.3 is 0 Å². The van der Waals surface area contributed by atoms with Crippen LogP contribution < -0.4 is 16.0 Å². The average molecular weight is 402 g/mol. The summed E-state index contributed by atoms with van der Waals surface area (Å²) in [6.07, 6.45) is 4.17. The van der Waals surface area contributed by atoms with Crippen molar-refractivity contribution >= 4 is 17.6 Å². The molecule has 6 nitrogen and oxygen atoms in total. The molecule has 0 fully saturated rings. The number of aliphatic imine (C=N–C) groups is 1. The van der Waals surface area contributed by atoms with Gasteiger partial charge in [0.15, 0.2) is 5.96 Å². The smallest absolute Gasteiger partial charge is 0.243 e. The fourth-order valence-corrected chi connectivity index (χ4v) is 3.26. The van der Waals surface area contributed by atoms with Gasteiger partial charge in [-0.25, -0.2) is 0 Å². The second kappa shape index (κ2) is 11.4. The van der Waals surface area contributed by atoms with Gasteiger partial charge in [0.2, 0.25) is 5.91 Å². The van der Waals surface area contributed by atoms with Crippen molar-refractivity contribution in [3.63, 3.8) is 0 Å². The fourth-order valence-electron chi connectivity index (χ4n) is 3.26. The third kappa shape index (κ3) is 6.44. The number of carbonyl (C=O) groups is 1. The second-order valence-electron chi connectivity index (χ2n) is 6.81. The van der Waals surface area contributed by atoms with Crippen LogP contribution in [0.25, 0.3) is 0 Å². The lowest BCUT2D eigenvalue weighted by atomic mass is 9.88. The average Bonchev–Trinajstić information content (AvgIpc) is 2.80. The lowest BCUT2D eigenvalue weighted by molar-refractivity contribution is -0.115. The Kier molecular flexibility index (Phi) is 7.97. The summed E-state index contributed by atoms with van der Waals surface area (Å²) in [5.74, 6) is 0.723. The van der Waals surface area contributed by atoms with Crippen molar-refractivity contribution in [3.8, 4) is 0 Å². The highest BCUT2D eigenvalue weighted by atomic mass is 16.1. The van der Waals surface area contributed by atoms with E-state index in [9.17, 15) is 4.79 Å². The molecule has 1 amide bonds. The van der Waals surface area contributed by atoms with E-state index in [4.69, 9.17) is 0 Å². The predicted molar refractivity (Wildman–Crippen MR) is 122 cm³/mol. The molecule has 0 aliphatic rings. The van der Waals surface area contributed by atoms with E-state index < -0.39 is 0 Å². The van der Waals surface area contributed by atoms with Crippen LogP contribution in [-0.4, -0.2) is 37.0 Å². The summed E-state index contributed by atoms with van der Waals surface area (Å²) >= 11 is 0. The number of aromatic nitrogens is 1. The van der Waals surface area contributed by atoms with Crippen molar-refractivity contribution in [3.05, 3.63) is 96.3 Å². The molecule has 3 aromatic rings. The summed E-state index contributed by atoms with van der Waals surface area (Å²) in [7, 11) is 1.69. The quantitative estimate of drug-likeness (QED) is 0.399.